The Kier molecular flexibility index (Phi) is 6.80. The van der Waals surface area contributed by atoms with Gasteiger partial charge in [-0.15, -0.1) is 0 Å². The first-order chi connectivity index (χ1) is 13.0. The van der Waals surface area contributed by atoms with Crippen LogP contribution in [-0.4, -0.2) is 62.6 Å². The molecule has 2 aromatic rings. The van der Waals surface area contributed by atoms with Crippen LogP contribution in [0, 0.1) is 6.92 Å². The lowest BCUT2D eigenvalue weighted by Gasteiger charge is -2.34. The van der Waals surface area contributed by atoms with Gasteiger partial charge in [0.05, 0.1) is 4.90 Å². The first-order valence-corrected chi connectivity index (χ1v) is 11.2. The van der Waals surface area contributed by atoms with E-state index in [1.165, 1.54) is 0 Å². The summed E-state index contributed by atoms with van der Waals surface area (Å²) >= 11 is 3.34. The Labute approximate surface area is 169 Å². The Morgan fingerprint density at radius 3 is 2.52 bits per heavy atom. The summed E-state index contributed by atoms with van der Waals surface area (Å²) < 4.78 is 28.2. The van der Waals surface area contributed by atoms with Crippen LogP contribution in [-0.2, 0) is 10.0 Å². The van der Waals surface area contributed by atoms with E-state index in [1.807, 2.05) is 19.1 Å². The summed E-state index contributed by atoms with van der Waals surface area (Å²) in [6.45, 7) is 6.82. The van der Waals surface area contributed by atoms with Gasteiger partial charge in [-0.25, -0.2) is 23.1 Å². The van der Waals surface area contributed by atoms with Gasteiger partial charge < -0.3 is 4.90 Å². The number of hydrogen-bond donors (Lipinski definition) is 1. The third-order valence-corrected chi connectivity index (χ3v) is 6.97. The third-order valence-electron chi connectivity index (χ3n) is 4.53. The monoisotopic (exact) mass is 453 g/mol. The van der Waals surface area contributed by atoms with Crippen LogP contribution in [0.2, 0.25) is 0 Å². The van der Waals surface area contributed by atoms with E-state index in [4.69, 9.17) is 0 Å². The second-order valence-electron chi connectivity index (χ2n) is 6.56. The number of hydrogen-bond acceptors (Lipinski definition) is 6. The molecule has 1 aliphatic heterocycles. The molecule has 1 aliphatic rings. The second-order valence-corrected chi connectivity index (χ2v) is 9.15. The van der Waals surface area contributed by atoms with Crippen LogP contribution < -0.4 is 9.62 Å². The lowest BCUT2D eigenvalue weighted by atomic mass is 10.2. The highest BCUT2D eigenvalue weighted by atomic mass is 79.9. The molecule has 1 N–H and O–H groups in total. The molecule has 0 bridgehead atoms. The minimum absolute atomic E-state index is 0.282. The molecule has 146 valence electrons. The number of piperazine rings is 1. The zero-order chi connectivity index (χ0) is 19.3. The molecule has 1 aromatic heterocycles. The number of halogens is 1. The molecule has 0 radical (unpaired) electrons. The quantitative estimate of drug-likeness (QED) is 0.646. The highest BCUT2D eigenvalue weighted by Crippen LogP contribution is 2.22. The van der Waals surface area contributed by atoms with Gasteiger partial charge in [0, 0.05) is 49.6 Å². The summed E-state index contributed by atoms with van der Waals surface area (Å²) in [7, 11) is -3.50. The summed E-state index contributed by atoms with van der Waals surface area (Å²) in [4.78, 5) is 13.4. The fourth-order valence-electron chi connectivity index (χ4n) is 3.04. The average Bonchev–Trinajstić information content (AvgIpc) is 2.66. The third kappa shape index (κ3) is 5.47. The number of rotatable bonds is 7. The molecule has 1 saturated heterocycles. The molecule has 2 heterocycles. The summed E-state index contributed by atoms with van der Waals surface area (Å²) in [6.07, 6.45) is 4.28. The normalized spacial score (nSPS) is 15.9. The number of aromatic nitrogens is 2. The molecule has 9 heteroatoms. The molecule has 3 rings (SSSR count). The summed E-state index contributed by atoms with van der Waals surface area (Å²) in [6, 6.07) is 7.06. The molecule has 1 aromatic carbocycles. The van der Waals surface area contributed by atoms with Gasteiger partial charge >= 0.3 is 0 Å². The van der Waals surface area contributed by atoms with Crippen LogP contribution in [0.4, 0.5) is 5.95 Å². The van der Waals surface area contributed by atoms with E-state index in [2.05, 4.69) is 40.4 Å². The van der Waals surface area contributed by atoms with Crippen LogP contribution >= 0.6 is 15.9 Å². The van der Waals surface area contributed by atoms with Gasteiger partial charge in [-0.2, -0.15) is 0 Å². The Bertz CT molecular complexity index is 855. The zero-order valence-electron chi connectivity index (χ0n) is 15.3. The zero-order valence-corrected chi connectivity index (χ0v) is 17.7. The fraction of sp³-hybridized carbons (Fsp3) is 0.444. The van der Waals surface area contributed by atoms with Crippen molar-refractivity contribution in [1.82, 2.24) is 19.6 Å². The lowest BCUT2D eigenvalue weighted by Crippen LogP contribution is -2.47. The number of sulfonamides is 1. The maximum Gasteiger partial charge on any atom is 0.241 e. The largest absolute Gasteiger partial charge is 0.338 e. The number of anilines is 1. The minimum Gasteiger partial charge on any atom is -0.338 e. The SMILES string of the molecule is Cc1ccc(S(=O)(=O)NCCCN2CCN(c3ncccn3)CC2)c(Br)c1. The van der Waals surface area contributed by atoms with E-state index in [1.54, 1.807) is 24.5 Å². The van der Waals surface area contributed by atoms with Gasteiger partial charge in [0.25, 0.3) is 0 Å². The van der Waals surface area contributed by atoms with Gasteiger partial charge in [0.15, 0.2) is 0 Å². The molecule has 27 heavy (non-hydrogen) atoms. The van der Waals surface area contributed by atoms with Gasteiger partial charge in [-0.1, -0.05) is 6.07 Å². The molecule has 0 amide bonds. The van der Waals surface area contributed by atoms with Crippen LogP contribution in [0.1, 0.15) is 12.0 Å². The Morgan fingerprint density at radius 1 is 1.15 bits per heavy atom. The Balaban J connectivity index is 1.42. The topological polar surface area (TPSA) is 78.4 Å². The molecule has 7 nitrogen and oxygen atoms in total. The van der Waals surface area contributed by atoms with Gasteiger partial charge in [0.1, 0.15) is 0 Å². The molecular formula is C18H24BrN5O2S. The molecule has 0 saturated carbocycles. The van der Waals surface area contributed by atoms with Crippen molar-refractivity contribution < 1.29 is 8.42 Å². The maximum atomic E-state index is 12.4. The van der Waals surface area contributed by atoms with Crippen LogP contribution in [0.25, 0.3) is 0 Å². The summed E-state index contributed by atoms with van der Waals surface area (Å²) in [5.74, 6) is 0.772. The maximum absolute atomic E-state index is 12.4. The number of aryl methyl sites for hydroxylation is 1. The van der Waals surface area contributed by atoms with E-state index >= 15 is 0 Å². The Hall–Kier alpha value is -1.55. The van der Waals surface area contributed by atoms with E-state index in [9.17, 15) is 8.42 Å². The van der Waals surface area contributed by atoms with Crippen molar-refractivity contribution in [3.05, 3.63) is 46.7 Å². The fourth-order valence-corrected chi connectivity index (χ4v) is 5.30. The van der Waals surface area contributed by atoms with Crippen molar-refractivity contribution >= 4 is 31.9 Å². The van der Waals surface area contributed by atoms with Gasteiger partial charge in [-0.3, -0.25) is 4.90 Å². The van der Waals surface area contributed by atoms with Crippen molar-refractivity contribution in [2.75, 3.05) is 44.2 Å². The highest BCUT2D eigenvalue weighted by molar-refractivity contribution is 9.10. The molecule has 0 spiro atoms. The first kappa shape index (κ1) is 20.2. The van der Waals surface area contributed by atoms with Crippen molar-refractivity contribution in [2.24, 2.45) is 0 Å². The molecule has 0 aliphatic carbocycles. The standard InChI is InChI=1S/C18H24BrN5O2S/c1-15-4-5-17(16(19)14-15)27(25,26)22-8-3-9-23-10-12-24(13-11-23)18-20-6-2-7-21-18/h2,4-7,14,22H,3,8-13H2,1H3. The number of benzene rings is 1. The smallest absolute Gasteiger partial charge is 0.241 e. The number of nitrogens with zero attached hydrogens (tertiary/aromatic N) is 4. The highest BCUT2D eigenvalue weighted by Gasteiger charge is 2.19. The van der Waals surface area contributed by atoms with Crippen molar-refractivity contribution in [2.45, 2.75) is 18.2 Å². The average molecular weight is 454 g/mol. The molecular weight excluding hydrogens is 430 g/mol. The Morgan fingerprint density at radius 2 is 1.85 bits per heavy atom. The molecule has 0 atom stereocenters. The van der Waals surface area contributed by atoms with E-state index in [-0.39, 0.29) is 4.90 Å². The van der Waals surface area contributed by atoms with E-state index in [0.717, 1.165) is 50.7 Å². The van der Waals surface area contributed by atoms with Crippen molar-refractivity contribution in [3.63, 3.8) is 0 Å². The van der Waals surface area contributed by atoms with Crippen LogP contribution in [0.15, 0.2) is 46.0 Å². The first-order valence-electron chi connectivity index (χ1n) is 8.96. The second kappa shape index (κ2) is 9.09. The van der Waals surface area contributed by atoms with Gasteiger partial charge in [0.2, 0.25) is 16.0 Å². The summed E-state index contributed by atoms with van der Waals surface area (Å²) in [5, 5.41) is 0. The summed E-state index contributed by atoms with van der Waals surface area (Å²) in [5.41, 5.74) is 1.01. The minimum atomic E-state index is -3.50. The van der Waals surface area contributed by atoms with Crippen molar-refractivity contribution in [1.29, 1.82) is 0 Å². The van der Waals surface area contributed by atoms with Crippen molar-refractivity contribution in [3.8, 4) is 0 Å². The van der Waals surface area contributed by atoms with Crippen LogP contribution in [0.3, 0.4) is 0 Å². The number of nitrogens with one attached hydrogen (secondary N) is 1. The molecule has 1 fully saturated rings. The predicted octanol–water partition coefficient (Wildman–Crippen LogP) is 2.04. The predicted molar refractivity (Wildman–Crippen MR) is 109 cm³/mol. The molecule has 0 unspecified atom stereocenters. The van der Waals surface area contributed by atoms with Gasteiger partial charge in [-0.05, 0) is 59.6 Å². The van der Waals surface area contributed by atoms with Crippen LogP contribution in [0.5, 0.6) is 0 Å². The lowest BCUT2D eigenvalue weighted by molar-refractivity contribution is 0.254. The van der Waals surface area contributed by atoms with E-state index in [0.29, 0.717) is 11.0 Å². The van der Waals surface area contributed by atoms with E-state index < -0.39 is 10.0 Å².